The standard InChI is InChI=1S/C17H18O5/c1-20-13-8-12(9-14(10-13)21-2)15-6-11(7-17(18)19)4-5-16(15)22-3/h4-6,8-10H,7H2,1-3H3,(H,18,19). The van der Waals surface area contributed by atoms with Crippen molar-refractivity contribution in [3.8, 4) is 28.4 Å². The van der Waals surface area contributed by atoms with Gasteiger partial charge in [0.25, 0.3) is 0 Å². The van der Waals surface area contributed by atoms with E-state index >= 15 is 0 Å². The van der Waals surface area contributed by atoms with Gasteiger partial charge in [-0.25, -0.2) is 0 Å². The minimum absolute atomic E-state index is 0.0436. The summed E-state index contributed by atoms with van der Waals surface area (Å²) in [5, 5.41) is 8.95. The SMILES string of the molecule is COc1cc(OC)cc(-c2cc(CC(=O)O)ccc2OC)c1. The molecule has 1 N–H and O–H groups in total. The molecule has 0 amide bonds. The van der Waals surface area contributed by atoms with E-state index in [0.717, 1.165) is 11.1 Å². The summed E-state index contributed by atoms with van der Waals surface area (Å²) in [6.45, 7) is 0. The second-order valence-electron chi connectivity index (χ2n) is 4.71. The molecule has 0 saturated heterocycles. The van der Waals surface area contributed by atoms with Gasteiger partial charge in [0.2, 0.25) is 0 Å². The zero-order valence-corrected chi connectivity index (χ0v) is 12.8. The lowest BCUT2D eigenvalue weighted by molar-refractivity contribution is -0.136. The Morgan fingerprint density at radius 3 is 2.09 bits per heavy atom. The van der Waals surface area contributed by atoms with Crippen LogP contribution < -0.4 is 14.2 Å². The number of carboxylic acid groups (broad SMARTS) is 1. The molecule has 0 aliphatic rings. The van der Waals surface area contributed by atoms with E-state index in [2.05, 4.69) is 0 Å². The predicted molar refractivity (Wildman–Crippen MR) is 82.9 cm³/mol. The third kappa shape index (κ3) is 3.49. The van der Waals surface area contributed by atoms with Gasteiger partial charge in [-0.15, -0.1) is 0 Å². The van der Waals surface area contributed by atoms with Crippen LogP contribution in [0.1, 0.15) is 5.56 Å². The van der Waals surface area contributed by atoms with Gasteiger partial charge in [-0.2, -0.15) is 0 Å². The molecule has 5 heteroatoms. The van der Waals surface area contributed by atoms with E-state index in [-0.39, 0.29) is 6.42 Å². The topological polar surface area (TPSA) is 65.0 Å². The van der Waals surface area contributed by atoms with Crippen LogP contribution in [0.5, 0.6) is 17.2 Å². The lowest BCUT2D eigenvalue weighted by atomic mass is 10.00. The minimum atomic E-state index is -0.876. The molecule has 0 bridgehead atoms. The average molecular weight is 302 g/mol. The van der Waals surface area contributed by atoms with E-state index in [0.29, 0.717) is 22.8 Å². The third-order valence-corrected chi connectivity index (χ3v) is 3.28. The molecule has 0 saturated carbocycles. The Bertz CT molecular complexity index is 656. The van der Waals surface area contributed by atoms with E-state index in [1.807, 2.05) is 12.1 Å². The number of carboxylic acids is 1. The van der Waals surface area contributed by atoms with Gasteiger partial charge >= 0.3 is 5.97 Å². The molecule has 0 spiro atoms. The van der Waals surface area contributed by atoms with Gasteiger partial charge in [0.15, 0.2) is 0 Å². The number of carbonyl (C=O) groups is 1. The molecule has 2 rings (SSSR count). The summed E-state index contributed by atoms with van der Waals surface area (Å²) in [6, 6.07) is 10.8. The van der Waals surface area contributed by atoms with Gasteiger partial charge in [0.05, 0.1) is 27.8 Å². The molecular weight excluding hydrogens is 284 g/mol. The number of hydrogen-bond donors (Lipinski definition) is 1. The Balaban J connectivity index is 2.56. The van der Waals surface area contributed by atoms with Crippen molar-refractivity contribution in [2.45, 2.75) is 6.42 Å². The quantitative estimate of drug-likeness (QED) is 0.888. The third-order valence-electron chi connectivity index (χ3n) is 3.28. The number of rotatable bonds is 6. The van der Waals surface area contributed by atoms with Gasteiger partial charge in [0, 0.05) is 11.6 Å². The maximum Gasteiger partial charge on any atom is 0.307 e. The fourth-order valence-corrected chi connectivity index (χ4v) is 2.23. The Morgan fingerprint density at radius 1 is 0.955 bits per heavy atom. The largest absolute Gasteiger partial charge is 0.497 e. The molecule has 2 aromatic rings. The lowest BCUT2D eigenvalue weighted by Crippen LogP contribution is -2.00. The second kappa shape index (κ2) is 6.85. The number of ether oxygens (including phenoxy) is 3. The van der Waals surface area contributed by atoms with Crippen LogP contribution in [0.15, 0.2) is 36.4 Å². The van der Waals surface area contributed by atoms with E-state index in [1.54, 1.807) is 45.6 Å². The molecule has 0 fully saturated rings. The molecule has 0 aliphatic heterocycles. The first-order valence-corrected chi connectivity index (χ1v) is 6.69. The number of aliphatic carboxylic acids is 1. The molecule has 0 unspecified atom stereocenters. The Morgan fingerprint density at radius 2 is 1.59 bits per heavy atom. The van der Waals surface area contributed by atoms with Crippen LogP contribution in [-0.2, 0) is 11.2 Å². The van der Waals surface area contributed by atoms with Crippen LogP contribution in [0.3, 0.4) is 0 Å². The van der Waals surface area contributed by atoms with E-state index in [1.165, 1.54) is 0 Å². The Hall–Kier alpha value is -2.69. The molecule has 5 nitrogen and oxygen atoms in total. The average Bonchev–Trinajstić information content (AvgIpc) is 2.53. The number of benzene rings is 2. The predicted octanol–water partition coefficient (Wildman–Crippen LogP) is 3.01. The smallest absolute Gasteiger partial charge is 0.307 e. The summed E-state index contributed by atoms with van der Waals surface area (Å²) in [5.41, 5.74) is 2.32. The van der Waals surface area contributed by atoms with E-state index < -0.39 is 5.97 Å². The fraction of sp³-hybridized carbons (Fsp3) is 0.235. The zero-order valence-electron chi connectivity index (χ0n) is 12.8. The van der Waals surface area contributed by atoms with Gasteiger partial charge in [0.1, 0.15) is 17.2 Å². The van der Waals surface area contributed by atoms with E-state index in [4.69, 9.17) is 19.3 Å². The minimum Gasteiger partial charge on any atom is -0.497 e. The van der Waals surface area contributed by atoms with Crippen LogP contribution in [0.2, 0.25) is 0 Å². The highest BCUT2D eigenvalue weighted by Gasteiger charge is 2.11. The lowest BCUT2D eigenvalue weighted by Gasteiger charge is -2.13. The van der Waals surface area contributed by atoms with Crippen LogP contribution in [-0.4, -0.2) is 32.4 Å². The Labute approximate surface area is 129 Å². The maximum absolute atomic E-state index is 10.9. The van der Waals surface area contributed by atoms with Crippen molar-refractivity contribution in [2.24, 2.45) is 0 Å². The van der Waals surface area contributed by atoms with Gasteiger partial charge in [-0.05, 0) is 35.4 Å². The monoisotopic (exact) mass is 302 g/mol. The Kier molecular flexibility index (Phi) is 4.88. The summed E-state index contributed by atoms with van der Waals surface area (Å²) in [7, 11) is 4.74. The van der Waals surface area contributed by atoms with Crippen molar-refractivity contribution in [2.75, 3.05) is 21.3 Å². The zero-order chi connectivity index (χ0) is 16.1. The summed E-state index contributed by atoms with van der Waals surface area (Å²) < 4.78 is 15.9. The maximum atomic E-state index is 10.9. The molecule has 0 atom stereocenters. The molecule has 2 aromatic carbocycles. The van der Waals surface area contributed by atoms with Crippen LogP contribution in [0.25, 0.3) is 11.1 Å². The fourth-order valence-electron chi connectivity index (χ4n) is 2.23. The highest BCUT2D eigenvalue weighted by atomic mass is 16.5. The highest BCUT2D eigenvalue weighted by Crippen LogP contribution is 2.35. The summed E-state index contributed by atoms with van der Waals surface area (Å²) >= 11 is 0. The van der Waals surface area contributed by atoms with Crippen molar-refractivity contribution < 1.29 is 24.1 Å². The van der Waals surface area contributed by atoms with E-state index in [9.17, 15) is 4.79 Å². The first-order chi connectivity index (χ1) is 10.6. The molecule has 0 radical (unpaired) electrons. The van der Waals surface area contributed by atoms with Crippen molar-refractivity contribution in [3.63, 3.8) is 0 Å². The summed E-state index contributed by atoms with van der Waals surface area (Å²) in [5.74, 6) is 1.09. The molecule has 0 aromatic heterocycles. The van der Waals surface area contributed by atoms with Gasteiger partial charge in [-0.1, -0.05) is 6.07 Å². The van der Waals surface area contributed by atoms with Crippen LogP contribution in [0.4, 0.5) is 0 Å². The number of hydrogen-bond acceptors (Lipinski definition) is 4. The van der Waals surface area contributed by atoms with Crippen LogP contribution in [0, 0.1) is 0 Å². The number of methoxy groups -OCH3 is 3. The first kappa shape index (κ1) is 15.7. The molecular formula is C17H18O5. The summed E-state index contributed by atoms with van der Waals surface area (Å²) in [6.07, 6.45) is -0.0436. The van der Waals surface area contributed by atoms with Crippen molar-refractivity contribution in [3.05, 3.63) is 42.0 Å². The van der Waals surface area contributed by atoms with Crippen molar-refractivity contribution in [1.82, 2.24) is 0 Å². The van der Waals surface area contributed by atoms with Gasteiger partial charge < -0.3 is 19.3 Å². The molecule has 0 aliphatic carbocycles. The molecule has 116 valence electrons. The molecule has 0 heterocycles. The normalized spacial score (nSPS) is 10.1. The van der Waals surface area contributed by atoms with Gasteiger partial charge in [-0.3, -0.25) is 4.79 Å². The van der Waals surface area contributed by atoms with Crippen LogP contribution >= 0.6 is 0 Å². The summed E-state index contributed by atoms with van der Waals surface area (Å²) in [4.78, 5) is 10.9. The van der Waals surface area contributed by atoms with Crippen molar-refractivity contribution in [1.29, 1.82) is 0 Å². The first-order valence-electron chi connectivity index (χ1n) is 6.69. The molecule has 22 heavy (non-hydrogen) atoms. The second-order valence-corrected chi connectivity index (χ2v) is 4.71. The highest BCUT2D eigenvalue weighted by molar-refractivity contribution is 5.76. The van der Waals surface area contributed by atoms with Crippen molar-refractivity contribution >= 4 is 5.97 Å².